The van der Waals surface area contributed by atoms with Gasteiger partial charge in [0, 0.05) is 25.7 Å². The molecule has 6 heteroatoms. The predicted octanol–water partition coefficient (Wildman–Crippen LogP) is 1.92. The van der Waals surface area contributed by atoms with Gasteiger partial charge >= 0.3 is 0 Å². The van der Waals surface area contributed by atoms with Crippen LogP contribution in [-0.4, -0.2) is 67.4 Å². The van der Waals surface area contributed by atoms with Crippen LogP contribution in [-0.2, 0) is 4.74 Å². The van der Waals surface area contributed by atoms with E-state index in [1.165, 1.54) is 5.56 Å². The number of hydrogen-bond donors (Lipinski definition) is 3. The van der Waals surface area contributed by atoms with Crippen LogP contribution in [0, 0.1) is 0 Å². The summed E-state index contributed by atoms with van der Waals surface area (Å²) in [4.78, 5) is 2.29. The summed E-state index contributed by atoms with van der Waals surface area (Å²) in [6, 6.07) is 8.30. The van der Waals surface area contributed by atoms with Crippen molar-refractivity contribution in [3.05, 3.63) is 29.8 Å². The number of likely N-dealkylation sites (N-methyl/N-ethyl adjacent to an activating group) is 1. The highest BCUT2D eigenvalue weighted by atomic mass is 16.6. The molecule has 0 saturated carbocycles. The van der Waals surface area contributed by atoms with Crippen molar-refractivity contribution in [3.8, 4) is 5.75 Å². The SMILES string of the molecule is CCCCC(O)OCCOc1ccc(C(CN2CCC(O)C2)NC)cc1. The summed E-state index contributed by atoms with van der Waals surface area (Å²) in [6.45, 7) is 5.48. The Bertz CT molecular complexity index is 497. The van der Waals surface area contributed by atoms with Gasteiger partial charge in [-0.05, 0) is 44.0 Å². The van der Waals surface area contributed by atoms with E-state index in [-0.39, 0.29) is 12.1 Å². The molecule has 0 bridgehead atoms. The first-order valence-corrected chi connectivity index (χ1v) is 9.72. The third-order valence-corrected chi connectivity index (χ3v) is 4.79. The minimum absolute atomic E-state index is 0.189. The maximum Gasteiger partial charge on any atom is 0.154 e. The van der Waals surface area contributed by atoms with Crippen LogP contribution < -0.4 is 10.1 Å². The number of likely N-dealkylation sites (tertiary alicyclic amines) is 1. The molecule has 1 saturated heterocycles. The van der Waals surface area contributed by atoms with Crippen LogP contribution in [0.3, 0.4) is 0 Å². The summed E-state index contributed by atoms with van der Waals surface area (Å²) in [5, 5.41) is 22.6. The van der Waals surface area contributed by atoms with Gasteiger partial charge in [-0.15, -0.1) is 0 Å². The van der Waals surface area contributed by atoms with Gasteiger partial charge in [0.15, 0.2) is 6.29 Å². The third kappa shape index (κ3) is 7.21. The summed E-state index contributed by atoms with van der Waals surface area (Å²) in [5.74, 6) is 0.798. The van der Waals surface area contributed by atoms with E-state index in [2.05, 4.69) is 29.3 Å². The minimum Gasteiger partial charge on any atom is -0.491 e. The van der Waals surface area contributed by atoms with Gasteiger partial charge in [0.25, 0.3) is 0 Å². The van der Waals surface area contributed by atoms with E-state index in [1.54, 1.807) is 0 Å². The standard InChI is InChI=1S/C20H34N2O4/c1-3-4-5-20(24)26-13-12-25-18-8-6-16(7-9-18)19(21-2)15-22-11-10-17(23)14-22/h6-9,17,19-21,23-24H,3-5,10-15H2,1-2H3. The van der Waals surface area contributed by atoms with Gasteiger partial charge in [-0.2, -0.15) is 0 Å². The molecule has 1 aliphatic heterocycles. The highest BCUT2D eigenvalue weighted by molar-refractivity contribution is 5.29. The van der Waals surface area contributed by atoms with Crippen LogP contribution in [0.5, 0.6) is 5.75 Å². The molecular formula is C20H34N2O4. The fourth-order valence-corrected chi connectivity index (χ4v) is 3.20. The molecule has 0 radical (unpaired) electrons. The zero-order chi connectivity index (χ0) is 18.8. The second-order valence-corrected chi connectivity index (χ2v) is 6.93. The van der Waals surface area contributed by atoms with E-state index >= 15 is 0 Å². The van der Waals surface area contributed by atoms with Crippen LogP contribution in [0.1, 0.15) is 44.2 Å². The number of nitrogens with zero attached hydrogens (tertiary/aromatic N) is 1. The lowest BCUT2D eigenvalue weighted by Gasteiger charge is -2.23. The van der Waals surface area contributed by atoms with E-state index < -0.39 is 6.29 Å². The highest BCUT2D eigenvalue weighted by Crippen LogP contribution is 2.20. The molecule has 6 nitrogen and oxygen atoms in total. The van der Waals surface area contributed by atoms with Crippen LogP contribution in [0.4, 0.5) is 0 Å². The summed E-state index contributed by atoms with van der Waals surface area (Å²) >= 11 is 0. The average molecular weight is 367 g/mol. The lowest BCUT2D eigenvalue weighted by Crippen LogP contribution is -2.33. The molecule has 1 aromatic rings. The number of aliphatic hydroxyl groups is 2. The van der Waals surface area contributed by atoms with Crippen molar-refractivity contribution >= 4 is 0 Å². The molecule has 1 heterocycles. The van der Waals surface area contributed by atoms with Crippen molar-refractivity contribution in [2.75, 3.05) is 39.9 Å². The Morgan fingerprint density at radius 2 is 2.04 bits per heavy atom. The summed E-state index contributed by atoms with van der Waals surface area (Å²) < 4.78 is 11.0. The molecule has 0 amide bonds. The minimum atomic E-state index is -0.693. The lowest BCUT2D eigenvalue weighted by atomic mass is 10.1. The largest absolute Gasteiger partial charge is 0.491 e. The first kappa shape index (κ1) is 21.1. The number of β-amino-alcohol motifs (C(OH)–C–C–N with tert-alkyl or cyclic N) is 1. The van der Waals surface area contributed by atoms with E-state index in [1.807, 2.05) is 19.2 Å². The number of unbranched alkanes of at least 4 members (excludes halogenated alkanes) is 1. The second-order valence-electron chi connectivity index (χ2n) is 6.93. The van der Waals surface area contributed by atoms with Crippen LogP contribution >= 0.6 is 0 Å². The van der Waals surface area contributed by atoms with Crippen molar-refractivity contribution < 1.29 is 19.7 Å². The summed E-state index contributed by atoms with van der Waals surface area (Å²) in [5.41, 5.74) is 1.20. The van der Waals surface area contributed by atoms with Gasteiger partial charge in [-0.1, -0.05) is 25.5 Å². The molecule has 26 heavy (non-hydrogen) atoms. The molecule has 1 aromatic carbocycles. The number of rotatable bonds is 12. The molecule has 2 rings (SSSR count). The zero-order valence-corrected chi connectivity index (χ0v) is 16.1. The van der Waals surface area contributed by atoms with E-state index in [0.29, 0.717) is 19.6 Å². The molecule has 0 aliphatic carbocycles. The number of ether oxygens (including phenoxy) is 2. The topological polar surface area (TPSA) is 74.2 Å². The smallest absolute Gasteiger partial charge is 0.154 e. The molecule has 3 unspecified atom stereocenters. The fourth-order valence-electron chi connectivity index (χ4n) is 3.20. The highest BCUT2D eigenvalue weighted by Gasteiger charge is 2.23. The molecule has 0 aromatic heterocycles. The second kappa shape index (κ2) is 11.5. The number of benzene rings is 1. The fraction of sp³-hybridized carbons (Fsp3) is 0.700. The van der Waals surface area contributed by atoms with Gasteiger partial charge in [0.1, 0.15) is 12.4 Å². The van der Waals surface area contributed by atoms with Crippen LogP contribution in [0.15, 0.2) is 24.3 Å². The van der Waals surface area contributed by atoms with Gasteiger partial charge in [-0.3, -0.25) is 4.90 Å². The quantitative estimate of drug-likeness (QED) is 0.388. The Morgan fingerprint density at radius 1 is 1.27 bits per heavy atom. The van der Waals surface area contributed by atoms with Crippen molar-refractivity contribution in [2.45, 2.75) is 51.0 Å². The molecule has 3 N–H and O–H groups in total. The van der Waals surface area contributed by atoms with Crippen molar-refractivity contribution in [1.82, 2.24) is 10.2 Å². The molecule has 3 atom stereocenters. The number of aliphatic hydroxyl groups excluding tert-OH is 2. The molecule has 1 fully saturated rings. The lowest BCUT2D eigenvalue weighted by molar-refractivity contribution is -0.109. The Morgan fingerprint density at radius 3 is 2.65 bits per heavy atom. The number of hydrogen-bond acceptors (Lipinski definition) is 6. The van der Waals surface area contributed by atoms with Crippen molar-refractivity contribution in [3.63, 3.8) is 0 Å². The van der Waals surface area contributed by atoms with Crippen LogP contribution in [0.25, 0.3) is 0 Å². The van der Waals surface area contributed by atoms with Crippen molar-refractivity contribution in [2.24, 2.45) is 0 Å². The maximum atomic E-state index is 9.67. The Balaban J connectivity index is 1.72. The first-order valence-electron chi connectivity index (χ1n) is 9.72. The Hall–Kier alpha value is -1.18. The van der Waals surface area contributed by atoms with Crippen LogP contribution in [0.2, 0.25) is 0 Å². The first-order chi connectivity index (χ1) is 12.6. The van der Waals surface area contributed by atoms with E-state index in [0.717, 1.165) is 44.6 Å². The van der Waals surface area contributed by atoms with Gasteiger partial charge < -0.3 is 25.0 Å². The predicted molar refractivity (Wildman–Crippen MR) is 102 cm³/mol. The molecule has 1 aliphatic rings. The Kier molecular flexibility index (Phi) is 9.36. The maximum absolute atomic E-state index is 9.67. The van der Waals surface area contributed by atoms with Gasteiger partial charge in [0.05, 0.1) is 12.7 Å². The van der Waals surface area contributed by atoms with Gasteiger partial charge in [-0.25, -0.2) is 0 Å². The normalized spacial score (nSPS) is 20.2. The van der Waals surface area contributed by atoms with Gasteiger partial charge in [0.2, 0.25) is 0 Å². The third-order valence-electron chi connectivity index (χ3n) is 4.79. The number of nitrogens with one attached hydrogen (secondary N) is 1. The monoisotopic (exact) mass is 366 g/mol. The van der Waals surface area contributed by atoms with E-state index in [9.17, 15) is 10.2 Å². The zero-order valence-electron chi connectivity index (χ0n) is 16.1. The average Bonchev–Trinajstić information content (AvgIpc) is 3.07. The molecular weight excluding hydrogens is 332 g/mol. The summed E-state index contributed by atoms with van der Waals surface area (Å²) in [6.07, 6.45) is 2.66. The molecule has 148 valence electrons. The Labute approximate surface area is 157 Å². The summed E-state index contributed by atoms with van der Waals surface area (Å²) in [7, 11) is 1.96. The van der Waals surface area contributed by atoms with E-state index in [4.69, 9.17) is 9.47 Å². The molecule has 0 spiro atoms. The van der Waals surface area contributed by atoms with Crippen molar-refractivity contribution in [1.29, 1.82) is 0 Å².